The van der Waals surface area contributed by atoms with Crippen molar-refractivity contribution in [2.75, 3.05) is 25.9 Å². The summed E-state index contributed by atoms with van der Waals surface area (Å²) in [5, 5.41) is 8.56. The number of hydrogen-bond acceptors (Lipinski definition) is 5. The van der Waals surface area contributed by atoms with Crippen molar-refractivity contribution in [3.05, 3.63) is 16.5 Å². The van der Waals surface area contributed by atoms with Crippen LogP contribution in [0.2, 0.25) is 5.15 Å². The van der Waals surface area contributed by atoms with Crippen LogP contribution in [0.5, 0.6) is 0 Å². The molecule has 2 N–H and O–H groups in total. The van der Waals surface area contributed by atoms with Crippen LogP contribution in [0.15, 0.2) is 0 Å². The van der Waals surface area contributed by atoms with Gasteiger partial charge in [0.25, 0.3) is 0 Å². The number of halogens is 1. The summed E-state index contributed by atoms with van der Waals surface area (Å²) in [6.45, 7) is 4.29. The Labute approximate surface area is 106 Å². The molecule has 1 aromatic rings. The smallest absolute Gasteiger partial charge is 0.172 e. The van der Waals surface area contributed by atoms with Gasteiger partial charge in [0.2, 0.25) is 0 Å². The van der Waals surface area contributed by atoms with E-state index in [0.717, 1.165) is 0 Å². The lowest BCUT2D eigenvalue weighted by Crippen LogP contribution is -2.10. The van der Waals surface area contributed by atoms with Crippen molar-refractivity contribution in [2.24, 2.45) is 0 Å². The van der Waals surface area contributed by atoms with Gasteiger partial charge in [-0.1, -0.05) is 11.6 Å². The molecule has 1 fully saturated rings. The summed E-state index contributed by atoms with van der Waals surface area (Å²) >= 11 is 5.51. The van der Waals surface area contributed by atoms with Crippen molar-refractivity contribution >= 4 is 17.4 Å². The highest BCUT2D eigenvalue weighted by molar-refractivity contribution is 6.31. The third kappa shape index (κ3) is 4.17. The van der Waals surface area contributed by atoms with E-state index in [0.29, 0.717) is 5.69 Å². The standard InChI is InChI=1S/C6H5ClN4.C5H11N/c1-3-4(2-8)11-5(7)6(9)10-3;1-6-4-2-3-5-6/h1H3,(H2,9,10);2-5H2,1H3. The molecule has 6 heteroatoms. The van der Waals surface area contributed by atoms with E-state index in [4.69, 9.17) is 22.6 Å². The van der Waals surface area contributed by atoms with Gasteiger partial charge in [-0.25, -0.2) is 9.97 Å². The van der Waals surface area contributed by atoms with E-state index in [1.165, 1.54) is 25.9 Å². The Morgan fingerprint density at radius 1 is 1.35 bits per heavy atom. The van der Waals surface area contributed by atoms with E-state index < -0.39 is 0 Å². The fourth-order valence-electron chi connectivity index (χ4n) is 1.50. The first-order valence-electron chi connectivity index (χ1n) is 5.43. The first kappa shape index (κ1) is 13.7. The van der Waals surface area contributed by atoms with Gasteiger partial charge < -0.3 is 10.6 Å². The summed E-state index contributed by atoms with van der Waals surface area (Å²) in [6, 6.07) is 1.85. The number of rotatable bonds is 0. The fraction of sp³-hybridized carbons (Fsp3) is 0.545. The zero-order valence-corrected chi connectivity index (χ0v) is 10.8. The summed E-state index contributed by atoms with van der Waals surface area (Å²) in [5.74, 6) is 0.156. The van der Waals surface area contributed by atoms with Crippen LogP contribution in [-0.4, -0.2) is 35.0 Å². The number of hydrogen-bond donors (Lipinski definition) is 1. The summed E-state index contributed by atoms with van der Waals surface area (Å²) in [4.78, 5) is 9.87. The van der Waals surface area contributed by atoms with Crippen molar-refractivity contribution in [2.45, 2.75) is 19.8 Å². The molecular weight excluding hydrogens is 238 g/mol. The molecule has 1 aliphatic rings. The first-order chi connectivity index (χ1) is 8.04. The monoisotopic (exact) mass is 253 g/mol. The number of aryl methyl sites for hydroxylation is 1. The lowest BCUT2D eigenvalue weighted by Gasteiger charge is -2.01. The largest absolute Gasteiger partial charge is 0.381 e. The minimum Gasteiger partial charge on any atom is -0.381 e. The first-order valence-corrected chi connectivity index (χ1v) is 5.80. The van der Waals surface area contributed by atoms with Crippen molar-refractivity contribution in [1.82, 2.24) is 14.9 Å². The number of aromatic nitrogens is 2. The Kier molecular flexibility index (Phi) is 5.13. The second-order valence-corrected chi connectivity index (χ2v) is 4.31. The molecule has 17 heavy (non-hydrogen) atoms. The minimum atomic E-state index is 0.0761. The highest BCUT2D eigenvalue weighted by Gasteiger charge is 2.05. The molecule has 5 nitrogen and oxygen atoms in total. The average Bonchev–Trinajstić information content (AvgIpc) is 2.75. The van der Waals surface area contributed by atoms with E-state index in [1.54, 1.807) is 6.92 Å². The van der Waals surface area contributed by atoms with Crippen LogP contribution in [0.4, 0.5) is 5.82 Å². The maximum absolute atomic E-state index is 8.48. The Morgan fingerprint density at radius 3 is 2.35 bits per heavy atom. The molecule has 2 rings (SSSR count). The summed E-state index contributed by atoms with van der Waals surface area (Å²) in [7, 11) is 2.17. The molecule has 1 aliphatic heterocycles. The fourth-order valence-corrected chi connectivity index (χ4v) is 1.62. The molecule has 0 radical (unpaired) electrons. The Hall–Kier alpha value is -1.38. The molecule has 0 aliphatic carbocycles. The van der Waals surface area contributed by atoms with Crippen LogP contribution >= 0.6 is 11.6 Å². The van der Waals surface area contributed by atoms with E-state index in [-0.39, 0.29) is 16.7 Å². The number of nitrogens with two attached hydrogens (primary N) is 1. The lowest BCUT2D eigenvalue weighted by molar-refractivity contribution is 0.418. The van der Waals surface area contributed by atoms with Gasteiger partial charge in [0.05, 0.1) is 5.69 Å². The topological polar surface area (TPSA) is 78.8 Å². The molecular formula is C11H16ClN5. The molecule has 0 unspecified atom stereocenters. The van der Waals surface area contributed by atoms with Crippen molar-refractivity contribution in [1.29, 1.82) is 5.26 Å². The molecule has 0 aromatic carbocycles. The van der Waals surface area contributed by atoms with E-state index in [1.807, 2.05) is 6.07 Å². The third-order valence-corrected chi connectivity index (χ3v) is 2.77. The van der Waals surface area contributed by atoms with Crippen molar-refractivity contribution < 1.29 is 0 Å². The van der Waals surface area contributed by atoms with Gasteiger partial charge in [-0.3, -0.25) is 0 Å². The summed E-state index contributed by atoms with van der Waals surface area (Å²) < 4.78 is 0. The number of nitrogens with zero attached hydrogens (tertiary/aromatic N) is 4. The van der Waals surface area contributed by atoms with Gasteiger partial charge in [-0.15, -0.1) is 0 Å². The zero-order valence-electron chi connectivity index (χ0n) is 10.1. The summed E-state index contributed by atoms with van der Waals surface area (Å²) in [5.41, 5.74) is 6.04. The molecule has 92 valence electrons. The van der Waals surface area contributed by atoms with Crippen LogP contribution in [0.3, 0.4) is 0 Å². The van der Waals surface area contributed by atoms with Crippen molar-refractivity contribution in [3.8, 4) is 6.07 Å². The SMILES string of the molecule is CN1CCCC1.Cc1nc(N)c(Cl)nc1C#N. The normalized spacial score (nSPS) is 14.9. The molecule has 0 bridgehead atoms. The Bertz CT molecular complexity index is 421. The quantitative estimate of drug-likeness (QED) is 0.760. The average molecular weight is 254 g/mol. The highest BCUT2D eigenvalue weighted by atomic mass is 35.5. The van der Waals surface area contributed by atoms with Crippen LogP contribution in [0.25, 0.3) is 0 Å². The molecule has 0 atom stereocenters. The van der Waals surface area contributed by atoms with E-state index >= 15 is 0 Å². The molecule has 1 saturated heterocycles. The molecule has 1 aromatic heterocycles. The van der Waals surface area contributed by atoms with Gasteiger partial charge in [0, 0.05) is 0 Å². The predicted molar refractivity (Wildman–Crippen MR) is 67.6 cm³/mol. The zero-order chi connectivity index (χ0) is 12.8. The van der Waals surface area contributed by atoms with Gasteiger partial charge in [0.1, 0.15) is 6.07 Å². The molecule has 0 amide bonds. The second-order valence-electron chi connectivity index (χ2n) is 3.96. The third-order valence-electron chi connectivity index (χ3n) is 2.49. The molecule has 0 saturated carbocycles. The number of anilines is 1. The number of nitriles is 1. The van der Waals surface area contributed by atoms with Gasteiger partial charge in [0.15, 0.2) is 16.7 Å². The Balaban J connectivity index is 0.000000202. The lowest BCUT2D eigenvalue weighted by atomic mass is 10.3. The van der Waals surface area contributed by atoms with Gasteiger partial charge in [-0.05, 0) is 39.9 Å². The minimum absolute atomic E-state index is 0.0761. The van der Waals surface area contributed by atoms with E-state index in [9.17, 15) is 0 Å². The van der Waals surface area contributed by atoms with Gasteiger partial charge >= 0.3 is 0 Å². The van der Waals surface area contributed by atoms with Crippen LogP contribution in [0.1, 0.15) is 24.2 Å². The summed E-state index contributed by atoms with van der Waals surface area (Å²) in [6.07, 6.45) is 2.83. The van der Waals surface area contributed by atoms with Crippen molar-refractivity contribution in [3.63, 3.8) is 0 Å². The van der Waals surface area contributed by atoms with Crippen LogP contribution < -0.4 is 5.73 Å². The van der Waals surface area contributed by atoms with Gasteiger partial charge in [-0.2, -0.15) is 5.26 Å². The second kappa shape index (κ2) is 6.38. The van der Waals surface area contributed by atoms with Crippen LogP contribution in [-0.2, 0) is 0 Å². The van der Waals surface area contributed by atoms with Crippen LogP contribution in [0, 0.1) is 18.3 Å². The maximum Gasteiger partial charge on any atom is 0.172 e. The molecule has 0 spiro atoms. The molecule has 2 heterocycles. The predicted octanol–water partition coefficient (Wildman–Crippen LogP) is 1.60. The van der Waals surface area contributed by atoms with E-state index in [2.05, 4.69) is 21.9 Å². The maximum atomic E-state index is 8.48. The number of likely N-dealkylation sites (tertiary alicyclic amines) is 1. The Morgan fingerprint density at radius 2 is 1.94 bits per heavy atom. The highest BCUT2D eigenvalue weighted by Crippen LogP contribution is 2.14. The number of nitrogen functional groups attached to an aromatic ring is 1.